The van der Waals surface area contributed by atoms with Crippen LogP contribution in [-0.2, 0) is 22.6 Å². The zero-order valence-corrected chi connectivity index (χ0v) is 21.3. The van der Waals surface area contributed by atoms with E-state index < -0.39 is 23.3 Å². The lowest BCUT2D eigenvalue weighted by atomic mass is 9.75. The van der Waals surface area contributed by atoms with E-state index in [-0.39, 0.29) is 30.4 Å². The van der Waals surface area contributed by atoms with Crippen molar-refractivity contribution in [3.63, 3.8) is 0 Å². The Labute approximate surface area is 215 Å². The van der Waals surface area contributed by atoms with E-state index in [1.807, 2.05) is 34.9 Å². The number of carbonyl (C=O) groups excluding carboxylic acids is 3. The molecule has 1 aromatic carbocycles. The van der Waals surface area contributed by atoms with Gasteiger partial charge in [0.25, 0.3) is 5.56 Å². The largest absolute Gasteiger partial charge is 0.490 e. The number of rotatable bonds is 7. The molecule has 2 fully saturated rings. The van der Waals surface area contributed by atoms with Crippen molar-refractivity contribution in [2.24, 2.45) is 11.3 Å². The first kappa shape index (κ1) is 25.0. The minimum atomic E-state index is -1.44. The summed E-state index contributed by atoms with van der Waals surface area (Å²) >= 11 is 0. The Balaban J connectivity index is 1.46. The van der Waals surface area contributed by atoms with Gasteiger partial charge in [0, 0.05) is 58.0 Å². The molecule has 5 rings (SSSR count). The van der Waals surface area contributed by atoms with E-state index in [9.17, 15) is 19.2 Å². The number of fused-ring (bicyclic) bond motifs is 4. The van der Waals surface area contributed by atoms with Crippen LogP contribution in [0.3, 0.4) is 0 Å². The lowest BCUT2D eigenvalue weighted by Crippen LogP contribution is -2.67. The van der Waals surface area contributed by atoms with Crippen LogP contribution in [0.15, 0.2) is 59.9 Å². The van der Waals surface area contributed by atoms with Gasteiger partial charge in [-0.25, -0.2) is 4.79 Å². The molecule has 2 bridgehead atoms. The van der Waals surface area contributed by atoms with Crippen LogP contribution in [0.4, 0.5) is 4.79 Å². The fraction of sp³-hybridized carbons (Fsp3) is 0.429. The maximum Gasteiger partial charge on any atom is 0.332 e. The molecule has 4 amide bonds. The predicted molar refractivity (Wildman–Crippen MR) is 137 cm³/mol. The van der Waals surface area contributed by atoms with Crippen molar-refractivity contribution >= 4 is 17.8 Å². The number of amides is 4. The number of barbiturate groups is 1. The molecule has 2 aromatic rings. The van der Waals surface area contributed by atoms with E-state index in [0.717, 1.165) is 27.5 Å². The smallest absolute Gasteiger partial charge is 0.332 e. The fourth-order valence-corrected chi connectivity index (χ4v) is 6.19. The van der Waals surface area contributed by atoms with E-state index in [4.69, 9.17) is 4.74 Å². The van der Waals surface area contributed by atoms with Crippen molar-refractivity contribution in [1.82, 2.24) is 19.3 Å². The first-order chi connectivity index (χ1) is 17.7. The number of pyridine rings is 1. The molecule has 2 saturated heterocycles. The quantitative estimate of drug-likeness (QED) is 0.424. The third-order valence-electron chi connectivity index (χ3n) is 7.85. The van der Waals surface area contributed by atoms with Crippen LogP contribution in [0.5, 0.6) is 5.75 Å². The molecule has 0 unspecified atom stereocenters. The van der Waals surface area contributed by atoms with E-state index in [1.54, 1.807) is 18.2 Å². The van der Waals surface area contributed by atoms with Crippen molar-refractivity contribution in [3.8, 4) is 5.75 Å². The molecule has 2 atom stereocenters. The molecule has 9 nitrogen and oxygen atoms in total. The number of hydrogen-bond acceptors (Lipinski definition) is 6. The van der Waals surface area contributed by atoms with Gasteiger partial charge in [0.1, 0.15) is 17.8 Å². The maximum atomic E-state index is 13.7. The van der Waals surface area contributed by atoms with Gasteiger partial charge in [0.05, 0.1) is 0 Å². The molecule has 0 N–H and O–H groups in total. The van der Waals surface area contributed by atoms with Gasteiger partial charge in [-0.1, -0.05) is 30.9 Å². The zero-order valence-electron chi connectivity index (χ0n) is 21.3. The van der Waals surface area contributed by atoms with Crippen molar-refractivity contribution in [3.05, 3.63) is 76.7 Å². The van der Waals surface area contributed by atoms with Crippen LogP contribution in [0.2, 0.25) is 0 Å². The number of imide groups is 2. The number of likely N-dealkylation sites (tertiary alicyclic amines) is 1. The molecule has 4 heterocycles. The Morgan fingerprint density at radius 3 is 2.35 bits per heavy atom. The van der Waals surface area contributed by atoms with Crippen molar-refractivity contribution in [2.45, 2.75) is 25.3 Å². The lowest BCUT2D eigenvalue weighted by Gasteiger charge is -2.48. The number of ether oxygens (including phenoxy) is 1. The first-order valence-corrected chi connectivity index (χ1v) is 12.6. The van der Waals surface area contributed by atoms with Gasteiger partial charge in [-0.05, 0) is 42.5 Å². The number of urea groups is 1. The molecule has 9 heteroatoms. The Kier molecular flexibility index (Phi) is 6.49. The Hall–Kier alpha value is -3.72. The van der Waals surface area contributed by atoms with Gasteiger partial charge in [-0.2, -0.15) is 0 Å². The first-order valence-electron chi connectivity index (χ1n) is 12.6. The molecule has 194 valence electrons. The highest BCUT2D eigenvalue weighted by Gasteiger charge is 2.56. The van der Waals surface area contributed by atoms with Crippen LogP contribution >= 0.6 is 0 Å². The van der Waals surface area contributed by atoms with Crippen LogP contribution in [0.25, 0.3) is 0 Å². The fourth-order valence-electron chi connectivity index (χ4n) is 6.19. The molecule has 3 aliphatic rings. The SMILES string of the molecule is C=CCOc1ccc(CC2(CN3C[C@H]4C[C@H](C3)c3cccc(=O)n3C4)C(=O)N(C)C(=O)N(C)C2=O)cc1. The zero-order chi connectivity index (χ0) is 26.3. The summed E-state index contributed by atoms with van der Waals surface area (Å²) in [6.07, 6.45) is 2.79. The molecule has 0 spiro atoms. The average Bonchev–Trinajstić information content (AvgIpc) is 2.90. The van der Waals surface area contributed by atoms with E-state index in [0.29, 0.717) is 32.0 Å². The number of hydrogen-bond donors (Lipinski definition) is 0. The highest BCUT2D eigenvalue weighted by Crippen LogP contribution is 2.39. The van der Waals surface area contributed by atoms with E-state index in [2.05, 4.69) is 11.5 Å². The minimum absolute atomic E-state index is 0.0111. The summed E-state index contributed by atoms with van der Waals surface area (Å²) in [5, 5.41) is 0. The molecule has 0 saturated carbocycles. The molecule has 37 heavy (non-hydrogen) atoms. The lowest BCUT2D eigenvalue weighted by molar-refractivity contribution is -0.159. The van der Waals surface area contributed by atoms with Gasteiger partial charge in [-0.15, -0.1) is 0 Å². The van der Waals surface area contributed by atoms with Crippen molar-refractivity contribution in [2.75, 3.05) is 40.3 Å². The summed E-state index contributed by atoms with van der Waals surface area (Å²) in [6.45, 7) is 6.17. The molecule has 1 aromatic heterocycles. The minimum Gasteiger partial charge on any atom is -0.490 e. The van der Waals surface area contributed by atoms with Gasteiger partial charge >= 0.3 is 6.03 Å². The Morgan fingerprint density at radius 2 is 1.68 bits per heavy atom. The van der Waals surface area contributed by atoms with Gasteiger partial charge in [-0.3, -0.25) is 24.2 Å². The van der Waals surface area contributed by atoms with Crippen LogP contribution in [0, 0.1) is 11.3 Å². The monoisotopic (exact) mass is 504 g/mol. The predicted octanol–water partition coefficient (Wildman–Crippen LogP) is 2.11. The number of aromatic nitrogens is 1. The summed E-state index contributed by atoms with van der Waals surface area (Å²) in [5.74, 6) is 0.0854. The molecule has 0 aliphatic carbocycles. The molecular formula is C28H32N4O5. The molecule has 3 aliphatic heterocycles. The van der Waals surface area contributed by atoms with Crippen molar-refractivity contribution in [1.29, 1.82) is 0 Å². The summed E-state index contributed by atoms with van der Waals surface area (Å²) in [5.41, 5.74) is 0.376. The van der Waals surface area contributed by atoms with E-state index in [1.165, 1.54) is 14.1 Å². The number of benzene rings is 1. The maximum absolute atomic E-state index is 13.7. The Bertz CT molecular complexity index is 1280. The topological polar surface area (TPSA) is 92.2 Å². The second-order valence-corrected chi connectivity index (χ2v) is 10.4. The second-order valence-electron chi connectivity index (χ2n) is 10.4. The van der Waals surface area contributed by atoms with Gasteiger partial charge < -0.3 is 14.2 Å². The number of piperidine rings is 1. The number of carbonyl (C=O) groups is 3. The summed E-state index contributed by atoms with van der Waals surface area (Å²) in [7, 11) is 2.87. The Morgan fingerprint density at radius 1 is 0.973 bits per heavy atom. The third-order valence-corrected chi connectivity index (χ3v) is 7.85. The normalized spacial score (nSPS) is 23.1. The van der Waals surface area contributed by atoms with Gasteiger partial charge in [0.15, 0.2) is 0 Å². The summed E-state index contributed by atoms with van der Waals surface area (Å²) in [4.78, 5) is 56.8. The van der Waals surface area contributed by atoms with Crippen LogP contribution < -0.4 is 10.3 Å². The highest BCUT2D eigenvalue weighted by molar-refractivity contribution is 6.19. The van der Waals surface area contributed by atoms with Gasteiger partial charge in [0.2, 0.25) is 11.8 Å². The third kappa shape index (κ3) is 4.37. The standard InChI is InChI=1S/C28H32N4O5/c1-4-12-37-22-10-8-19(9-11-22)14-28(25(34)29(2)27(36)30(3)26(28)35)18-31-15-20-13-21(17-31)23-6-5-7-24(33)32(23)16-20/h4-11,20-21H,1,12-18H2,2-3H3/t20-,21-/m1/s1. The van der Waals surface area contributed by atoms with E-state index >= 15 is 0 Å². The summed E-state index contributed by atoms with van der Waals surface area (Å²) in [6, 6.07) is 12.1. The molecular weight excluding hydrogens is 472 g/mol. The van der Waals surface area contributed by atoms with Crippen LogP contribution in [0.1, 0.15) is 23.6 Å². The number of nitrogens with zero attached hydrogens (tertiary/aromatic N) is 4. The average molecular weight is 505 g/mol. The van der Waals surface area contributed by atoms with Crippen LogP contribution in [-0.4, -0.2) is 77.4 Å². The van der Waals surface area contributed by atoms with Crippen molar-refractivity contribution < 1.29 is 19.1 Å². The highest BCUT2D eigenvalue weighted by atomic mass is 16.5. The summed E-state index contributed by atoms with van der Waals surface area (Å²) < 4.78 is 7.43. The second kappa shape index (κ2) is 9.63. The molecule has 0 radical (unpaired) electrons.